The first-order chi connectivity index (χ1) is 8.17. The van der Waals surface area contributed by atoms with Crippen molar-refractivity contribution in [1.82, 2.24) is 0 Å². The van der Waals surface area contributed by atoms with Crippen molar-refractivity contribution in [3.63, 3.8) is 0 Å². The average molecular weight is 303 g/mol. The Hall–Kier alpha value is -1.36. The Kier molecular flexibility index (Phi) is 5.69. The van der Waals surface area contributed by atoms with Crippen LogP contribution in [-0.2, 0) is 9.53 Å². The van der Waals surface area contributed by atoms with Gasteiger partial charge < -0.3 is 9.47 Å². The second-order valence-corrected chi connectivity index (χ2v) is 3.59. The molecule has 0 aromatic heterocycles. The van der Waals surface area contributed by atoms with Crippen molar-refractivity contribution < 1.29 is 18.7 Å². The lowest BCUT2D eigenvalue weighted by Crippen LogP contribution is -2.06. The Morgan fingerprint density at radius 1 is 1.47 bits per heavy atom. The van der Waals surface area contributed by atoms with Gasteiger partial charge in [0, 0.05) is 0 Å². The molecule has 0 radical (unpaired) electrons. The second-order valence-electron chi connectivity index (χ2n) is 3.03. The summed E-state index contributed by atoms with van der Waals surface area (Å²) in [7, 11) is 0. The molecule has 1 aromatic rings. The number of ether oxygens (including phenoxy) is 2. The Morgan fingerprint density at radius 2 is 2.18 bits per heavy atom. The number of alkyl halides is 1. The van der Waals surface area contributed by atoms with E-state index in [9.17, 15) is 9.18 Å². The van der Waals surface area contributed by atoms with E-state index in [1.165, 1.54) is 18.2 Å². The minimum absolute atomic E-state index is 0.0718. The normalized spacial score (nSPS) is 11.1. The number of benzene rings is 1. The maximum absolute atomic E-state index is 13.3. The summed E-state index contributed by atoms with van der Waals surface area (Å²) in [5, 5.41) is 0.292. The molecule has 0 unspecified atom stereocenters. The number of carbonyl (C=O) groups excluding carboxylic acids is 1. The highest BCUT2D eigenvalue weighted by molar-refractivity contribution is 9.09. The monoisotopic (exact) mass is 302 g/mol. The van der Waals surface area contributed by atoms with Crippen LogP contribution in [0.5, 0.6) is 5.75 Å². The number of halogens is 2. The third kappa shape index (κ3) is 4.56. The van der Waals surface area contributed by atoms with Gasteiger partial charge in [0.2, 0.25) is 0 Å². The van der Waals surface area contributed by atoms with E-state index in [-0.39, 0.29) is 18.1 Å². The molecule has 0 saturated carbocycles. The molecule has 0 fully saturated rings. The predicted molar refractivity (Wildman–Crippen MR) is 65.5 cm³/mol. The van der Waals surface area contributed by atoms with Gasteiger partial charge in [0.1, 0.15) is 5.76 Å². The fraction of sp³-hybridized carbons (Fsp3) is 0.250. The maximum atomic E-state index is 13.3. The van der Waals surface area contributed by atoms with Crippen LogP contribution in [-0.4, -0.2) is 17.9 Å². The van der Waals surface area contributed by atoms with Crippen LogP contribution >= 0.6 is 15.9 Å². The molecule has 0 heterocycles. The lowest BCUT2D eigenvalue weighted by atomic mass is 10.3. The zero-order chi connectivity index (χ0) is 12.7. The fourth-order valence-electron chi connectivity index (χ4n) is 1.08. The van der Waals surface area contributed by atoms with Gasteiger partial charge in [0.15, 0.2) is 11.6 Å². The first-order valence-electron chi connectivity index (χ1n) is 5.03. The molecule has 0 atom stereocenters. The van der Waals surface area contributed by atoms with E-state index in [4.69, 9.17) is 9.47 Å². The third-order valence-electron chi connectivity index (χ3n) is 1.77. The minimum atomic E-state index is -0.515. The van der Waals surface area contributed by atoms with Crippen molar-refractivity contribution in [3.8, 4) is 5.75 Å². The van der Waals surface area contributed by atoms with Gasteiger partial charge in [-0.2, -0.15) is 0 Å². The summed E-state index contributed by atoms with van der Waals surface area (Å²) >= 11 is 3.15. The van der Waals surface area contributed by atoms with E-state index >= 15 is 0 Å². The molecule has 0 aliphatic heterocycles. The van der Waals surface area contributed by atoms with Gasteiger partial charge in [-0.05, 0) is 19.1 Å². The smallest absolute Gasteiger partial charge is 0.334 e. The summed E-state index contributed by atoms with van der Waals surface area (Å²) in [5.74, 6) is -0.641. The van der Waals surface area contributed by atoms with Crippen molar-refractivity contribution >= 4 is 21.9 Å². The van der Waals surface area contributed by atoms with E-state index in [1.54, 1.807) is 19.1 Å². The van der Waals surface area contributed by atoms with Gasteiger partial charge in [-0.1, -0.05) is 28.1 Å². The molecule has 0 saturated heterocycles. The number of hydrogen-bond donors (Lipinski definition) is 0. The largest absolute Gasteiger partial charge is 0.463 e. The van der Waals surface area contributed by atoms with Crippen LogP contribution < -0.4 is 4.74 Å². The molecule has 3 nitrogen and oxygen atoms in total. The average Bonchev–Trinajstić information content (AvgIpc) is 2.31. The van der Waals surface area contributed by atoms with Gasteiger partial charge in [-0.3, -0.25) is 0 Å². The predicted octanol–water partition coefficient (Wildman–Crippen LogP) is 3.05. The summed E-state index contributed by atoms with van der Waals surface area (Å²) in [6.45, 7) is 1.99. The summed E-state index contributed by atoms with van der Waals surface area (Å²) in [5.41, 5.74) is 0. The standard InChI is InChI=1S/C12H12BrFO3/c1-2-16-12(15)7-9(8-13)17-11-6-4-3-5-10(11)14/h3-7H,2,8H2,1H3/b9-7-. The number of para-hydroxylation sites is 1. The van der Waals surface area contributed by atoms with Gasteiger partial charge in [-0.25, -0.2) is 9.18 Å². The lowest BCUT2D eigenvalue weighted by Gasteiger charge is -2.08. The highest BCUT2D eigenvalue weighted by Crippen LogP contribution is 2.19. The molecule has 17 heavy (non-hydrogen) atoms. The highest BCUT2D eigenvalue weighted by Gasteiger charge is 2.07. The topological polar surface area (TPSA) is 35.5 Å². The highest BCUT2D eigenvalue weighted by atomic mass is 79.9. The molecular weight excluding hydrogens is 291 g/mol. The summed E-state index contributed by atoms with van der Waals surface area (Å²) in [6, 6.07) is 5.97. The molecule has 0 spiro atoms. The molecule has 0 amide bonds. The van der Waals surface area contributed by atoms with Crippen LogP contribution in [0.25, 0.3) is 0 Å². The van der Waals surface area contributed by atoms with Crippen LogP contribution in [0.4, 0.5) is 4.39 Å². The van der Waals surface area contributed by atoms with E-state index < -0.39 is 11.8 Å². The summed E-state index contributed by atoms with van der Waals surface area (Å²) < 4.78 is 23.3. The van der Waals surface area contributed by atoms with Gasteiger partial charge >= 0.3 is 5.97 Å². The molecule has 1 rings (SSSR count). The van der Waals surface area contributed by atoms with Crippen LogP contribution in [0, 0.1) is 5.82 Å². The quantitative estimate of drug-likeness (QED) is 0.363. The van der Waals surface area contributed by atoms with Crippen LogP contribution in [0.3, 0.4) is 0 Å². The third-order valence-corrected chi connectivity index (χ3v) is 2.33. The number of rotatable bonds is 5. The van der Waals surface area contributed by atoms with Crippen LogP contribution in [0.2, 0.25) is 0 Å². The molecule has 0 aliphatic carbocycles. The van der Waals surface area contributed by atoms with Crippen molar-refractivity contribution in [2.45, 2.75) is 6.92 Å². The first kappa shape index (κ1) is 13.7. The van der Waals surface area contributed by atoms with Gasteiger partial charge in [0.25, 0.3) is 0 Å². The number of carbonyl (C=O) groups is 1. The molecule has 5 heteroatoms. The Labute approximate surface area is 107 Å². The molecule has 0 aliphatic rings. The van der Waals surface area contributed by atoms with Gasteiger partial charge in [0.05, 0.1) is 18.0 Å². The van der Waals surface area contributed by atoms with Crippen molar-refractivity contribution in [2.75, 3.05) is 11.9 Å². The molecule has 0 N–H and O–H groups in total. The Balaban J connectivity index is 2.77. The lowest BCUT2D eigenvalue weighted by molar-refractivity contribution is -0.137. The van der Waals surface area contributed by atoms with E-state index in [1.807, 2.05) is 0 Å². The fourth-order valence-corrected chi connectivity index (χ4v) is 1.36. The molecule has 92 valence electrons. The van der Waals surface area contributed by atoms with E-state index in [0.29, 0.717) is 5.33 Å². The Morgan fingerprint density at radius 3 is 2.76 bits per heavy atom. The number of esters is 1. The zero-order valence-corrected chi connectivity index (χ0v) is 10.9. The van der Waals surface area contributed by atoms with Crippen molar-refractivity contribution in [1.29, 1.82) is 0 Å². The molecular formula is C12H12BrFO3. The van der Waals surface area contributed by atoms with Gasteiger partial charge in [-0.15, -0.1) is 0 Å². The summed E-state index contributed by atoms with van der Waals surface area (Å²) in [4.78, 5) is 11.2. The summed E-state index contributed by atoms with van der Waals surface area (Å²) in [6.07, 6.45) is 1.19. The van der Waals surface area contributed by atoms with Crippen molar-refractivity contribution in [2.24, 2.45) is 0 Å². The van der Waals surface area contributed by atoms with Crippen LogP contribution in [0.1, 0.15) is 6.92 Å². The van der Waals surface area contributed by atoms with Crippen molar-refractivity contribution in [3.05, 3.63) is 41.9 Å². The number of allylic oxidation sites excluding steroid dienone is 1. The Bertz CT molecular complexity index is 418. The van der Waals surface area contributed by atoms with E-state index in [2.05, 4.69) is 15.9 Å². The molecule has 1 aromatic carbocycles. The maximum Gasteiger partial charge on any atom is 0.334 e. The first-order valence-corrected chi connectivity index (χ1v) is 6.15. The second kappa shape index (κ2) is 7.06. The van der Waals surface area contributed by atoms with Crippen LogP contribution in [0.15, 0.2) is 36.1 Å². The van der Waals surface area contributed by atoms with E-state index in [0.717, 1.165) is 0 Å². The molecule has 0 bridgehead atoms. The zero-order valence-electron chi connectivity index (χ0n) is 9.28. The number of hydrogen-bond acceptors (Lipinski definition) is 3. The minimum Gasteiger partial charge on any atom is -0.463 e. The SMILES string of the molecule is CCOC(=O)/C=C(/CBr)Oc1ccccc1F.